The Hall–Kier alpha value is -2.42. The van der Waals surface area contributed by atoms with Crippen LogP contribution < -0.4 is 5.32 Å². The van der Waals surface area contributed by atoms with Crippen molar-refractivity contribution < 1.29 is 9.18 Å². The molecule has 1 atom stereocenters. The molecule has 2 rings (SSSR count). The average molecular weight is 297 g/mol. The number of benzene rings is 2. The fraction of sp³-hybridized carbons (Fsp3) is 0.211. The van der Waals surface area contributed by atoms with Crippen LogP contribution in [0.2, 0.25) is 0 Å². The Balaban J connectivity index is 1.77. The molecule has 0 bridgehead atoms. The number of amides is 1. The molecule has 1 amide bonds. The first kappa shape index (κ1) is 16.0. The van der Waals surface area contributed by atoms with E-state index in [0.29, 0.717) is 0 Å². The monoisotopic (exact) mass is 297 g/mol. The molecule has 0 heterocycles. The molecule has 0 aromatic heterocycles. The molecule has 1 unspecified atom stereocenters. The van der Waals surface area contributed by atoms with Crippen LogP contribution in [0.3, 0.4) is 0 Å². The molecule has 0 aliphatic carbocycles. The van der Waals surface area contributed by atoms with Crippen LogP contribution in [-0.2, 0) is 11.2 Å². The van der Waals surface area contributed by atoms with Crippen molar-refractivity contribution in [1.82, 2.24) is 5.32 Å². The summed E-state index contributed by atoms with van der Waals surface area (Å²) in [5.41, 5.74) is 2.07. The third-order valence-corrected chi connectivity index (χ3v) is 3.39. The van der Waals surface area contributed by atoms with Gasteiger partial charge in [-0.1, -0.05) is 42.5 Å². The summed E-state index contributed by atoms with van der Waals surface area (Å²) in [5.74, 6) is -0.416. The Bertz CT molecular complexity index is 620. The second-order valence-corrected chi connectivity index (χ2v) is 5.32. The van der Waals surface area contributed by atoms with Crippen LogP contribution >= 0.6 is 0 Å². The quantitative estimate of drug-likeness (QED) is 0.803. The van der Waals surface area contributed by atoms with Crippen LogP contribution in [-0.4, -0.2) is 11.9 Å². The molecule has 3 heteroatoms. The lowest BCUT2D eigenvalue weighted by Crippen LogP contribution is -2.31. The zero-order chi connectivity index (χ0) is 15.8. The lowest BCUT2D eigenvalue weighted by molar-refractivity contribution is -0.117. The van der Waals surface area contributed by atoms with Crippen LogP contribution in [0, 0.1) is 5.82 Å². The molecule has 0 spiro atoms. The first-order valence-corrected chi connectivity index (χ1v) is 7.41. The number of rotatable bonds is 6. The van der Waals surface area contributed by atoms with Gasteiger partial charge in [0.1, 0.15) is 5.82 Å². The summed E-state index contributed by atoms with van der Waals surface area (Å²) in [7, 11) is 0. The number of carbonyl (C=O) groups excluding carboxylic acids is 1. The van der Waals surface area contributed by atoms with Crippen LogP contribution in [0.25, 0.3) is 6.08 Å². The maximum absolute atomic E-state index is 12.8. The molecule has 0 aliphatic heterocycles. The summed E-state index contributed by atoms with van der Waals surface area (Å²) in [6.07, 6.45) is 4.98. The number of nitrogens with one attached hydrogen (secondary N) is 1. The van der Waals surface area contributed by atoms with Gasteiger partial charge in [-0.15, -0.1) is 0 Å². The smallest absolute Gasteiger partial charge is 0.244 e. The van der Waals surface area contributed by atoms with Crippen molar-refractivity contribution >= 4 is 12.0 Å². The molecular weight excluding hydrogens is 277 g/mol. The second-order valence-electron chi connectivity index (χ2n) is 5.32. The van der Waals surface area contributed by atoms with E-state index in [1.165, 1.54) is 23.8 Å². The van der Waals surface area contributed by atoms with Crippen molar-refractivity contribution in [2.45, 2.75) is 25.8 Å². The molecule has 0 aliphatic rings. The molecule has 2 nitrogen and oxygen atoms in total. The normalized spacial score (nSPS) is 12.3. The number of halogens is 1. The number of hydrogen-bond donors (Lipinski definition) is 1. The SMILES string of the molecule is CC(CCc1ccccc1)NC(=O)/C=C/c1ccc(F)cc1. The Labute approximate surface area is 130 Å². The second kappa shape index (κ2) is 8.13. The largest absolute Gasteiger partial charge is 0.350 e. The van der Waals surface area contributed by atoms with Crippen LogP contribution in [0.15, 0.2) is 60.7 Å². The fourth-order valence-corrected chi connectivity index (χ4v) is 2.14. The highest BCUT2D eigenvalue weighted by Gasteiger charge is 2.05. The fourth-order valence-electron chi connectivity index (χ4n) is 2.14. The summed E-state index contributed by atoms with van der Waals surface area (Å²) in [6, 6.07) is 16.3. The first-order chi connectivity index (χ1) is 10.6. The third-order valence-electron chi connectivity index (χ3n) is 3.39. The van der Waals surface area contributed by atoms with Crippen molar-refractivity contribution in [2.24, 2.45) is 0 Å². The Morgan fingerprint density at radius 1 is 1.14 bits per heavy atom. The molecule has 0 saturated carbocycles. The highest BCUT2D eigenvalue weighted by atomic mass is 19.1. The molecule has 0 saturated heterocycles. The minimum absolute atomic E-state index is 0.102. The van der Waals surface area contributed by atoms with Crippen LogP contribution in [0.1, 0.15) is 24.5 Å². The summed E-state index contributed by atoms with van der Waals surface area (Å²) in [5, 5.41) is 2.93. The first-order valence-electron chi connectivity index (χ1n) is 7.41. The van der Waals surface area contributed by atoms with E-state index < -0.39 is 0 Å². The van der Waals surface area contributed by atoms with Gasteiger partial charge in [0.15, 0.2) is 0 Å². The Morgan fingerprint density at radius 2 is 1.82 bits per heavy atom. The standard InChI is InChI=1S/C19H20FNO/c1-15(7-8-16-5-3-2-4-6-16)21-19(22)14-11-17-9-12-18(20)13-10-17/h2-6,9-15H,7-8H2,1H3,(H,21,22)/b14-11+. The zero-order valence-electron chi connectivity index (χ0n) is 12.6. The Morgan fingerprint density at radius 3 is 2.50 bits per heavy atom. The number of carbonyl (C=O) groups is 1. The van der Waals surface area contributed by atoms with Crippen molar-refractivity contribution in [1.29, 1.82) is 0 Å². The maximum atomic E-state index is 12.8. The van der Waals surface area contributed by atoms with Gasteiger partial charge in [-0.05, 0) is 49.1 Å². The van der Waals surface area contributed by atoms with Gasteiger partial charge in [0.05, 0.1) is 0 Å². The van der Waals surface area contributed by atoms with E-state index in [2.05, 4.69) is 17.4 Å². The van der Waals surface area contributed by atoms with E-state index in [4.69, 9.17) is 0 Å². The summed E-state index contributed by atoms with van der Waals surface area (Å²) < 4.78 is 12.8. The van der Waals surface area contributed by atoms with Crippen molar-refractivity contribution in [3.05, 3.63) is 77.6 Å². The summed E-state index contributed by atoms with van der Waals surface area (Å²) in [6.45, 7) is 1.99. The number of aryl methyl sites for hydroxylation is 1. The molecule has 22 heavy (non-hydrogen) atoms. The van der Waals surface area contributed by atoms with E-state index in [1.54, 1.807) is 18.2 Å². The van der Waals surface area contributed by atoms with E-state index in [9.17, 15) is 9.18 Å². The molecule has 2 aromatic carbocycles. The molecule has 2 aromatic rings. The number of hydrogen-bond acceptors (Lipinski definition) is 1. The van der Waals surface area contributed by atoms with Gasteiger partial charge in [0.25, 0.3) is 0 Å². The van der Waals surface area contributed by atoms with Crippen molar-refractivity contribution in [2.75, 3.05) is 0 Å². The molecule has 0 fully saturated rings. The predicted molar refractivity (Wildman–Crippen MR) is 87.8 cm³/mol. The summed E-state index contributed by atoms with van der Waals surface area (Å²) in [4.78, 5) is 11.8. The van der Waals surface area contributed by atoms with E-state index in [0.717, 1.165) is 18.4 Å². The van der Waals surface area contributed by atoms with Gasteiger partial charge in [0, 0.05) is 12.1 Å². The highest BCUT2D eigenvalue weighted by molar-refractivity contribution is 5.91. The van der Waals surface area contributed by atoms with E-state index in [-0.39, 0.29) is 17.8 Å². The van der Waals surface area contributed by atoms with Gasteiger partial charge >= 0.3 is 0 Å². The maximum Gasteiger partial charge on any atom is 0.244 e. The predicted octanol–water partition coefficient (Wildman–Crippen LogP) is 3.98. The minimum Gasteiger partial charge on any atom is -0.350 e. The van der Waals surface area contributed by atoms with E-state index in [1.807, 2.05) is 25.1 Å². The van der Waals surface area contributed by atoms with Crippen LogP contribution in [0.5, 0.6) is 0 Å². The minimum atomic E-state index is -0.281. The van der Waals surface area contributed by atoms with Crippen LogP contribution in [0.4, 0.5) is 4.39 Å². The highest BCUT2D eigenvalue weighted by Crippen LogP contribution is 2.06. The van der Waals surface area contributed by atoms with Crippen molar-refractivity contribution in [3.8, 4) is 0 Å². The van der Waals surface area contributed by atoms with Gasteiger partial charge in [-0.25, -0.2) is 4.39 Å². The molecule has 114 valence electrons. The molecular formula is C19H20FNO. The Kier molecular flexibility index (Phi) is 5.90. The van der Waals surface area contributed by atoms with Gasteiger partial charge in [-0.2, -0.15) is 0 Å². The van der Waals surface area contributed by atoms with Crippen molar-refractivity contribution in [3.63, 3.8) is 0 Å². The zero-order valence-corrected chi connectivity index (χ0v) is 12.6. The molecule has 1 N–H and O–H groups in total. The average Bonchev–Trinajstić information content (AvgIpc) is 2.53. The topological polar surface area (TPSA) is 29.1 Å². The lowest BCUT2D eigenvalue weighted by atomic mass is 10.1. The van der Waals surface area contributed by atoms with Gasteiger partial charge in [0.2, 0.25) is 5.91 Å². The van der Waals surface area contributed by atoms with Gasteiger partial charge in [-0.3, -0.25) is 4.79 Å². The van der Waals surface area contributed by atoms with E-state index >= 15 is 0 Å². The lowest BCUT2D eigenvalue weighted by Gasteiger charge is -2.12. The third kappa shape index (κ3) is 5.52. The molecule has 0 radical (unpaired) electrons. The summed E-state index contributed by atoms with van der Waals surface area (Å²) >= 11 is 0. The van der Waals surface area contributed by atoms with Gasteiger partial charge < -0.3 is 5.32 Å².